The van der Waals surface area contributed by atoms with Crippen molar-refractivity contribution in [3.63, 3.8) is 0 Å². The molecule has 0 unspecified atom stereocenters. The Morgan fingerprint density at radius 3 is 1.91 bits per heavy atom. The van der Waals surface area contributed by atoms with Gasteiger partial charge in [-0.3, -0.25) is 4.79 Å². The van der Waals surface area contributed by atoms with Gasteiger partial charge in [0.2, 0.25) is 0 Å². The molecule has 0 saturated heterocycles. The molecule has 0 aromatic heterocycles. The van der Waals surface area contributed by atoms with Gasteiger partial charge in [0.25, 0.3) is 0 Å². The Hall–Kier alpha value is -1.67. The lowest BCUT2D eigenvalue weighted by atomic mass is 10.1. The topological polar surface area (TPSA) is 89.2 Å². The largest absolute Gasteiger partial charge is 0.487 e. The number of hydrogen-bond donors (Lipinski definition) is 1. The van der Waals surface area contributed by atoms with Crippen LogP contribution in [0.15, 0.2) is 18.2 Å². The summed E-state index contributed by atoms with van der Waals surface area (Å²) in [5.74, 6) is 0.913. The highest BCUT2D eigenvalue weighted by Gasteiger charge is 2.11. The molecule has 0 spiro atoms. The van der Waals surface area contributed by atoms with Gasteiger partial charge >= 0.3 is 0 Å². The SMILES string of the molecule is NCC(=O)c1ccc2c(c1)OCCOCCOCCOCCO2. The van der Waals surface area contributed by atoms with Gasteiger partial charge in [0.1, 0.15) is 13.2 Å². The zero-order valence-corrected chi connectivity index (χ0v) is 13.1. The van der Waals surface area contributed by atoms with E-state index in [4.69, 9.17) is 29.4 Å². The van der Waals surface area contributed by atoms with Crippen molar-refractivity contribution < 1.29 is 28.5 Å². The number of fused-ring (bicyclic) bond motifs is 1. The minimum atomic E-state index is -0.149. The normalized spacial score (nSPS) is 17.8. The van der Waals surface area contributed by atoms with Crippen LogP contribution in [0.3, 0.4) is 0 Å². The minimum absolute atomic E-state index is 0.0450. The van der Waals surface area contributed by atoms with Crippen molar-refractivity contribution in [3.8, 4) is 11.5 Å². The van der Waals surface area contributed by atoms with Gasteiger partial charge in [0.15, 0.2) is 17.3 Å². The standard InChI is InChI=1S/C16H23NO6/c17-12-14(18)13-1-2-15-16(11-13)23-10-8-21-6-4-19-3-5-20-7-9-22-15/h1-2,11H,3-10,12,17H2. The molecule has 128 valence electrons. The second-order valence-electron chi connectivity index (χ2n) is 4.82. The Morgan fingerprint density at radius 1 is 0.826 bits per heavy atom. The summed E-state index contributed by atoms with van der Waals surface area (Å²) in [5.41, 5.74) is 5.90. The molecule has 1 heterocycles. The summed E-state index contributed by atoms with van der Waals surface area (Å²) in [7, 11) is 0. The lowest BCUT2D eigenvalue weighted by Crippen LogP contribution is -2.15. The molecule has 0 radical (unpaired) electrons. The molecule has 7 heteroatoms. The van der Waals surface area contributed by atoms with Crippen LogP contribution in [0.4, 0.5) is 0 Å². The number of carbonyl (C=O) groups excluding carboxylic acids is 1. The maximum absolute atomic E-state index is 11.7. The van der Waals surface area contributed by atoms with Gasteiger partial charge in [-0.05, 0) is 18.2 Å². The van der Waals surface area contributed by atoms with E-state index >= 15 is 0 Å². The van der Waals surface area contributed by atoms with Crippen LogP contribution in [0, 0.1) is 0 Å². The Morgan fingerprint density at radius 2 is 1.35 bits per heavy atom. The van der Waals surface area contributed by atoms with Gasteiger partial charge in [0.05, 0.1) is 46.2 Å². The quantitative estimate of drug-likeness (QED) is 0.799. The van der Waals surface area contributed by atoms with E-state index in [1.807, 2.05) is 0 Å². The smallest absolute Gasteiger partial charge is 0.176 e. The first-order valence-corrected chi connectivity index (χ1v) is 7.67. The fourth-order valence-corrected chi connectivity index (χ4v) is 1.99. The summed E-state index contributed by atoms with van der Waals surface area (Å²) < 4.78 is 27.5. The van der Waals surface area contributed by atoms with Crippen molar-refractivity contribution in [3.05, 3.63) is 23.8 Å². The first kappa shape index (κ1) is 17.7. The first-order chi connectivity index (χ1) is 11.3. The number of hydrogen-bond acceptors (Lipinski definition) is 7. The van der Waals surface area contributed by atoms with E-state index in [1.54, 1.807) is 18.2 Å². The fourth-order valence-electron chi connectivity index (χ4n) is 1.99. The average molecular weight is 325 g/mol. The van der Waals surface area contributed by atoms with Crippen molar-refractivity contribution in [1.82, 2.24) is 0 Å². The van der Waals surface area contributed by atoms with Gasteiger partial charge in [-0.2, -0.15) is 0 Å². The summed E-state index contributed by atoms with van der Waals surface area (Å²) >= 11 is 0. The van der Waals surface area contributed by atoms with E-state index in [9.17, 15) is 4.79 Å². The number of ether oxygens (including phenoxy) is 5. The lowest BCUT2D eigenvalue weighted by Gasteiger charge is -2.14. The van der Waals surface area contributed by atoms with Gasteiger partial charge in [-0.25, -0.2) is 0 Å². The van der Waals surface area contributed by atoms with Gasteiger partial charge in [-0.15, -0.1) is 0 Å². The number of rotatable bonds is 2. The Bertz CT molecular complexity index is 493. The number of nitrogens with two attached hydrogens (primary N) is 1. The molecule has 0 amide bonds. The maximum atomic E-state index is 11.7. The van der Waals surface area contributed by atoms with E-state index in [0.717, 1.165) is 0 Å². The second kappa shape index (κ2) is 10.2. The highest BCUT2D eigenvalue weighted by molar-refractivity contribution is 5.98. The number of carbonyl (C=O) groups is 1. The molecule has 1 aromatic carbocycles. The number of ketones is 1. The predicted octanol–water partition coefficient (Wildman–Crippen LogP) is 0.649. The summed E-state index contributed by atoms with van der Waals surface area (Å²) in [4.78, 5) is 11.7. The second-order valence-corrected chi connectivity index (χ2v) is 4.82. The molecule has 0 aliphatic carbocycles. The first-order valence-electron chi connectivity index (χ1n) is 7.67. The molecule has 2 N–H and O–H groups in total. The van der Waals surface area contributed by atoms with Crippen LogP contribution in [0.2, 0.25) is 0 Å². The molecular weight excluding hydrogens is 302 g/mol. The van der Waals surface area contributed by atoms with Crippen molar-refractivity contribution >= 4 is 5.78 Å². The number of Topliss-reactive ketones (excluding diaryl/α,β-unsaturated/α-hetero) is 1. The molecular formula is C16H23NO6. The molecule has 1 aliphatic rings. The van der Waals surface area contributed by atoms with Gasteiger partial charge in [0, 0.05) is 5.56 Å². The van der Waals surface area contributed by atoms with E-state index in [0.29, 0.717) is 69.9 Å². The zero-order chi connectivity index (χ0) is 16.3. The van der Waals surface area contributed by atoms with Gasteiger partial charge in [-0.1, -0.05) is 0 Å². The lowest BCUT2D eigenvalue weighted by molar-refractivity contribution is 0.00708. The van der Waals surface area contributed by atoms with E-state index in [1.165, 1.54) is 0 Å². The molecule has 0 fully saturated rings. The van der Waals surface area contributed by atoms with Crippen LogP contribution in [0.1, 0.15) is 10.4 Å². The third kappa shape index (κ3) is 6.15. The van der Waals surface area contributed by atoms with Crippen molar-refractivity contribution in [2.45, 2.75) is 0 Å². The summed E-state index contributed by atoms with van der Waals surface area (Å²) in [6.07, 6.45) is 0. The molecule has 7 nitrogen and oxygen atoms in total. The van der Waals surface area contributed by atoms with Crippen molar-refractivity contribution in [2.24, 2.45) is 5.73 Å². The van der Waals surface area contributed by atoms with E-state index < -0.39 is 0 Å². The fraction of sp³-hybridized carbons (Fsp3) is 0.562. The molecule has 0 saturated carbocycles. The van der Waals surface area contributed by atoms with Crippen LogP contribution < -0.4 is 15.2 Å². The molecule has 23 heavy (non-hydrogen) atoms. The zero-order valence-electron chi connectivity index (χ0n) is 13.1. The monoisotopic (exact) mass is 325 g/mol. The van der Waals surface area contributed by atoms with Crippen LogP contribution in [0.25, 0.3) is 0 Å². The maximum Gasteiger partial charge on any atom is 0.176 e. The number of benzene rings is 1. The van der Waals surface area contributed by atoms with Crippen molar-refractivity contribution in [1.29, 1.82) is 0 Å². The highest BCUT2D eigenvalue weighted by Crippen LogP contribution is 2.28. The Labute approximate surface area is 135 Å². The van der Waals surface area contributed by atoms with Crippen LogP contribution in [-0.2, 0) is 14.2 Å². The average Bonchev–Trinajstić information content (AvgIpc) is 2.59. The van der Waals surface area contributed by atoms with Crippen LogP contribution in [0.5, 0.6) is 11.5 Å². The van der Waals surface area contributed by atoms with Crippen LogP contribution >= 0.6 is 0 Å². The molecule has 0 bridgehead atoms. The van der Waals surface area contributed by atoms with Gasteiger partial charge < -0.3 is 29.4 Å². The highest BCUT2D eigenvalue weighted by atomic mass is 16.6. The summed E-state index contributed by atoms with van der Waals surface area (Å²) in [5, 5.41) is 0. The molecule has 2 rings (SSSR count). The third-order valence-corrected chi connectivity index (χ3v) is 3.17. The Kier molecular flexibility index (Phi) is 7.82. The summed E-state index contributed by atoms with van der Waals surface area (Å²) in [6, 6.07) is 5.03. The van der Waals surface area contributed by atoms with Crippen molar-refractivity contribution in [2.75, 3.05) is 59.4 Å². The molecule has 1 aliphatic heterocycles. The molecule has 0 atom stereocenters. The van der Waals surface area contributed by atoms with E-state index in [2.05, 4.69) is 0 Å². The van der Waals surface area contributed by atoms with Crippen LogP contribution in [-0.4, -0.2) is 65.2 Å². The third-order valence-electron chi connectivity index (χ3n) is 3.17. The predicted molar refractivity (Wildman–Crippen MR) is 83.3 cm³/mol. The molecule has 1 aromatic rings. The Balaban J connectivity index is 2.04. The van der Waals surface area contributed by atoms with E-state index in [-0.39, 0.29) is 12.3 Å². The minimum Gasteiger partial charge on any atom is -0.487 e. The summed E-state index contributed by atoms with van der Waals surface area (Å²) in [6.45, 7) is 3.62.